The van der Waals surface area contributed by atoms with Crippen molar-refractivity contribution in [1.29, 1.82) is 0 Å². The molecule has 1 atom stereocenters. The summed E-state index contributed by atoms with van der Waals surface area (Å²) in [6, 6.07) is 4.52. The van der Waals surface area contributed by atoms with Crippen LogP contribution in [0.25, 0.3) is 22.3 Å². The normalized spacial score (nSPS) is 15.5. The summed E-state index contributed by atoms with van der Waals surface area (Å²) in [6.45, 7) is 3.61. The molecule has 0 spiro atoms. The minimum atomic E-state index is -0.927. The Morgan fingerprint density at radius 1 is 1.31 bits per heavy atom. The molecule has 39 heavy (non-hydrogen) atoms. The highest BCUT2D eigenvalue weighted by atomic mass is 35.5. The lowest BCUT2D eigenvalue weighted by atomic mass is 10.1. The number of morpholine rings is 1. The number of amides is 2. The maximum atomic E-state index is 13.1. The molecule has 5 rings (SSSR count). The number of pyridine rings is 2. The Bertz CT molecular complexity index is 1670. The molecule has 1 aliphatic heterocycles. The third-order valence-electron chi connectivity index (χ3n) is 6.41. The molecule has 0 radical (unpaired) electrons. The van der Waals surface area contributed by atoms with Gasteiger partial charge in [0.15, 0.2) is 5.69 Å². The maximum absolute atomic E-state index is 13.1. The summed E-state index contributed by atoms with van der Waals surface area (Å²) >= 11 is 6.34. The molecule has 0 bridgehead atoms. The molecule has 2 amide bonds. The summed E-state index contributed by atoms with van der Waals surface area (Å²) in [5.74, 6) is -1.08. The van der Waals surface area contributed by atoms with E-state index in [0.29, 0.717) is 36.8 Å². The second-order valence-corrected chi connectivity index (χ2v) is 9.55. The van der Waals surface area contributed by atoms with E-state index in [1.807, 2.05) is 6.92 Å². The highest BCUT2D eigenvalue weighted by Crippen LogP contribution is 2.30. The quantitative estimate of drug-likeness (QED) is 0.321. The zero-order chi connectivity index (χ0) is 27.8. The molecule has 0 aromatic carbocycles. The third-order valence-corrected chi connectivity index (χ3v) is 6.71. The minimum absolute atomic E-state index is 0.109. The van der Waals surface area contributed by atoms with E-state index in [9.17, 15) is 19.5 Å². The molecule has 1 fully saturated rings. The van der Waals surface area contributed by atoms with Gasteiger partial charge in [-0.2, -0.15) is 0 Å². The van der Waals surface area contributed by atoms with Gasteiger partial charge in [0.2, 0.25) is 5.91 Å². The molecule has 0 saturated carbocycles. The highest BCUT2D eigenvalue weighted by molar-refractivity contribution is 6.33. The van der Waals surface area contributed by atoms with Crippen molar-refractivity contribution in [3.63, 3.8) is 0 Å². The molecule has 1 aliphatic rings. The molecule has 14 heteroatoms. The van der Waals surface area contributed by atoms with Crippen molar-refractivity contribution in [3.8, 4) is 17.0 Å². The van der Waals surface area contributed by atoms with Crippen LogP contribution in [0.2, 0.25) is 5.02 Å². The van der Waals surface area contributed by atoms with Crippen molar-refractivity contribution in [1.82, 2.24) is 24.1 Å². The number of halogens is 1. The fourth-order valence-corrected chi connectivity index (χ4v) is 4.61. The van der Waals surface area contributed by atoms with Gasteiger partial charge in [-0.15, -0.1) is 0 Å². The van der Waals surface area contributed by atoms with E-state index in [2.05, 4.69) is 25.2 Å². The van der Waals surface area contributed by atoms with E-state index in [4.69, 9.17) is 22.1 Å². The van der Waals surface area contributed by atoms with Gasteiger partial charge in [-0.1, -0.05) is 11.6 Å². The fourth-order valence-electron chi connectivity index (χ4n) is 4.46. The predicted molar refractivity (Wildman–Crippen MR) is 144 cm³/mol. The van der Waals surface area contributed by atoms with E-state index < -0.39 is 11.8 Å². The van der Waals surface area contributed by atoms with Gasteiger partial charge < -0.3 is 34.9 Å². The lowest BCUT2D eigenvalue weighted by Gasteiger charge is -2.34. The number of nitrogens with zero attached hydrogens (tertiary/aromatic N) is 6. The summed E-state index contributed by atoms with van der Waals surface area (Å²) in [4.78, 5) is 52.9. The Kier molecular flexibility index (Phi) is 6.93. The van der Waals surface area contributed by atoms with Crippen molar-refractivity contribution in [2.24, 2.45) is 12.8 Å². The Morgan fingerprint density at radius 2 is 2.10 bits per heavy atom. The van der Waals surface area contributed by atoms with Crippen molar-refractivity contribution in [3.05, 3.63) is 58.0 Å². The average Bonchev–Trinajstić information content (AvgIpc) is 3.26. The zero-order valence-electron chi connectivity index (χ0n) is 21.1. The van der Waals surface area contributed by atoms with E-state index in [0.717, 1.165) is 0 Å². The number of aromatic hydroxyl groups is 1. The molecular weight excluding hydrogens is 528 g/mol. The molecule has 0 aliphatic carbocycles. The molecule has 4 aromatic heterocycles. The Morgan fingerprint density at radius 3 is 2.85 bits per heavy atom. The summed E-state index contributed by atoms with van der Waals surface area (Å²) < 4.78 is 8.28. The van der Waals surface area contributed by atoms with Crippen LogP contribution in [0.4, 0.5) is 11.5 Å². The van der Waals surface area contributed by atoms with Crippen LogP contribution in [-0.2, 0) is 23.1 Å². The van der Waals surface area contributed by atoms with Gasteiger partial charge in [-0.25, -0.2) is 15.0 Å². The number of anilines is 2. The summed E-state index contributed by atoms with van der Waals surface area (Å²) in [5.41, 5.74) is 5.75. The number of nitrogens with one attached hydrogen (secondary N) is 1. The molecular formula is C25H25ClN8O5. The van der Waals surface area contributed by atoms with E-state index in [-0.39, 0.29) is 51.3 Å². The number of hydrogen-bond acceptors (Lipinski definition) is 9. The Balaban J connectivity index is 1.48. The first kappa shape index (κ1) is 26.1. The van der Waals surface area contributed by atoms with Gasteiger partial charge in [0.25, 0.3) is 11.5 Å². The van der Waals surface area contributed by atoms with Gasteiger partial charge in [-0.05, 0) is 19.1 Å². The van der Waals surface area contributed by atoms with Gasteiger partial charge in [0.05, 0.1) is 53.6 Å². The van der Waals surface area contributed by atoms with Gasteiger partial charge in [0, 0.05) is 31.4 Å². The largest absolute Gasteiger partial charge is 0.505 e. The number of aryl methyl sites for hydroxylation is 1. The second kappa shape index (κ2) is 10.3. The third kappa shape index (κ3) is 5.01. The van der Waals surface area contributed by atoms with Gasteiger partial charge in [-0.3, -0.25) is 14.4 Å². The van der Waals surface area contributed by atoms with E-state index >= 15 is 0 Å². The van der Waals surface area contributed by atoms with Gasteiger partial charge in [0.1, 0.15) is 23.8 Å². The Hall–Kier alpha value is -4.49. The number of rotatable bonds is 6. The van der Waals surface area contributed by atoms with Crippen LogP contribution >= 0.6 is 11.6 Å². The molecule has 0 unspecified atom stereocenters. The number of ether oxygens (including phenoxy) is 1. The number of nitrogens with two attached hydrogens (primary N) is 1. The first-order chi connectivity index (χ1) is 18.6. The van der Waals surface area contributed by atoms with Crippen LogP contribution in [-0.4, -0.2) is 66.8 Å². The van der Waals surface area contributed by atoms with Crippen molar-refractivity contribution < 1.29 is 19.4 Å². The summed E-state index contributed by atoms with van der Waals surface area (Å²) in [7, 11) is 1.54. The number of fused-ring (bicyclic) bond motifs is 1. The molecule has 1 saturated heterocycles. The fraction of sp³-hybridized carbons (Fsp3) is 0.280. The highest BCUT2D eigenvalue weighted by Gasteiger charge is 2.23. The first-order valence-electron chi connectivity index (χ1n) is 12.0. The molecule has 4 N–H and O–H groups in total. The van der Waals surface area contributed by atoms with Crippen LogP contribution in [0, 0.1) is 0 Å². The van der Waals surface area contributed by atoms with Crippen LogP contribution < -0.4 is 21.5 Å². The number of carbonyl (C=O) groups is 2. The monoisotopic (exact) mass is 552 g/mol. The molecule has 202 valence electrons. The number of aromatic nitrogens is 5. The summed E-state index contributed by atoms with van der Waals surface area (Å²) in [5, 5.41) is 13.2. The maximum Gasteiger partial charge on any atom is 0.271 e. The lowest BCUT2D eigenvalue weighted by Crippen LogP contribution is -2.44. The lowest BCUT2D eigenvalue weighted by molar-refractivity contribution is -0.116. The van der Waals surface area contributed by atoms with E-state index in [1.54, 1.807) is 13.1 Å². The van der Waals surface area contributed by atoms with Crippen LogP contribution in [0.3, 0.4) is 0 Å². The molecule has 5 heterocycles. The first-order valence-corrected chi connectivity index (χ1v) is 12.4. The van der Waals surface area contributed by atoms with Crippen molar-refractivity contribution in [2.75, 3.05) is 30.0 Å². The van der Waals surface area contributed by atoms with Crippen LogP contribution in [0.5, 0.6) is 5.75 Å². The number of carbonyl (C=O) groups excluding carboxylic acids is 2. The number of hydrogen-bond donors (Lipinski definition) is 3. The smallest absolute Gasteiger partial charge is 0.271 e. The molecule has 4 aromatic rings. The zero-order valence-corrected chi connectivity index (χ0v) is 21.8. The van der Waals surface area contributed by atoms with Gasteiger partial charge >= 0.3 is 0 Å². The molecule has 13 nitrogen and oxygen atoms in total. The number of primary amides is 1. The van der Waals surface area contributed by atoms with Crippen molar-refractivity contribution >= 4 is 46.0 Å². The Labute approximate surface area is 226 Å². The van der Waals surface area contributed by atoms with Crippen LogP contribution in [0.1, 0.15) is 17.4 Å². The standard InChI is InChI=1S/C25H25ClN8O5/c1-13-11-39-6-5-34(13)19-7-17(15(26)8-28-19)30-20(36)10-33-9-14(21-24(33)29-12-32(2)25(21)38)16-3-4-18(35)22(31-16)23(27)37/h3-4,7-9,12-13,35H,5-6,10-11H2,1-2H3,(H2,27,37)(H,28,30,36)/t13-/m0/s1. The second-order valence-electron chi connectivity index (χ2n) is 9.15. The minimum Gasteiger partial charge on any atom is -0.505 e. The predicted octanol–water partition coefficient (Wildman–Crippen LogP) is 1.51. The summed E-state index contributed by atoms with van der Waals surface area (Å²) in [6.07, 6.45) is 4.37. The van der Waals surface area contributed by atoms with Crippen LogP contribution in [0.15, 0.2) is 41.7 Å². The average molecular weight is 553 g/mol. The topological polar surface area (TPSA) is 170 Å². The van der Waals surface area contributed by atoms with Crippen molar-refractivity contribution in [2.45, 2.75) is 19.5 Å². The SMILES string of the molecule is C[C@H]1COCCN1c1cc(NC(=O)Cn2cc(-c3ccc(O)c(C(N)=O)n3)c3c(=O)n(C)cnc32)c(Cl)cn1. The van der Waals surface area contributed by atoms with E-state index in [1.165, 1.54) is 40.0 Å².